The molecule has 0 saturated heterocycles. The molecule has 6 heteroatoms. The topological polar surface area (TPSA) is 58.2 Å². The molecule has 0 aliphatic rings. The van der Waals surface area contributed by atoms with E-state index in [4.69, 9.17) is 11.6 Å². The highest BCUT2D eigenvalue weighted by Crippen LogP contribution is 2.26. The summed E-state index contributed by atoms with van der Waals surface area (Å²) < 4.78 is 24.8. The molecule has 1 aromatic rings. The Bertz CT molecular complexity index is 517. The van der Waals surface area contributed by atoms with Crippen LogP contribution in [-0.4, -0.2) is 21.2 Å². The van der Waals surface area contributed by atoms with Gasteiger partial charge in [0, 0.05) is 6.54 Å². The van der Waals surface area contributed by atoms with Crippen molar-refractivity contribution in [1.29, 1.82) is 0 Å². The van der Waals surface area contributed by atoms with E-state index >= 15 is 0 Å². The molecule has 19 heavy (non-hydrogen) atoms. The van der Waals surface area contributed by atoms with Crippen LogP contribution in [-0.2, 0) is 10.0 Å². The van der Waals surface area contributed by atoms with Crippen molar-refractivity contribution in [2.24, 2.45) is 5.92 Å². The fourth-order valence-electron chi connectivity index (χ4n) is 1.82. The Morgan fingerprint density at radius 3 is 2.63 bits per heavy atom. The highest BCUT2D eigenvalue weighted by atomic mass is 35.5. The van der Waals surface area contributed by atoms with Crippen LogP contribution in [0.15, 0.2) is 18.2 Å². The monoisotopic (exact) mass is 304 g/mol. The van der Waals surface area contributed by atoms with Crippen LogP contribution in [0.1, 0.15) is 26.7 Å². The van der Waals surface area contributed by atoms with Gasteiger partial charge in [0.05, 0.1) is 22.7 Å². The lowest BCUT2D eigenvalue weighted by atomic mass is 10.1. The molecule has 0 aliphatic carbocycles. The van der Waals surface area contributed by atoms with Crippen molar-refractivity contribution in [3.05, 3.63) is 23.2 Å². The van der Waals surface area contributed by atoms with Gasteiger partial charge in [-0.05, 0) is 30.5 Å². The highest BCUT2D eigenvalue weighted by molar-refractivity contribution is 7.92. The first-order chi connectivity index (χ1) is 8.81. The maximum absolute atomic E-state index is 11.2. The van der Waals surface area contributed by atoms with Gasteiger partial charge in [-0.1, -0.05) is 31.9 Å². The van der Waals surface area contributed by atoms with Crippen molar-refractivity contribution in [2.75, 3.05) is 22.8 Å². The zero-order valence-electron chi connectivity index (χ0n) is 11.5. The Kier molecular flexibility index (Phi) is 5.94. The maximum Gasteiger partial charge on any atom is 0.229 e. The zero-order chi connectivity index (χ0) is 14.5. The van der Waals surface area contributed by atoms with Gasteiger partial charge in [-0.3, -0.25) is 4.72 Å². The Morgan fingerprint density at radius 1 is 1.37 bits per heavy atom. The molecular weight excluding hydrogens is 284 g/mol. The van der Waals surface area contributed by atoms with E-state index in [1.807, 2.05) is 0 Å². The van der Waals surface area contributed by atoms with Gasteiger partial charge in [0.2, 0.25) is 10.0 Å². The number of anilines is 2. The summed E-state index contributed by atoms with van der Waals surface area (Å²) in [4.78, 5) is 0. The van der Waals surface area contributed by atoms with Gasteiger partial charge in [0.1, 0.15) is 0 Å². The van der Waals surface area contributed by atoms with Crippen molar-refractivity contribution < 1.29 is 8.42 Å². The number of halogens is 1. The number of hydrogen-bond donors (Lipinski definition) is 2. The Labute approximate surface area is 120 Å². The van der Waals surface area contributed by atoms with Gasteiger partial charge in [-0.15, -0.1) is 0 Å². The van der Waals surface area contributed by atoms with Crippen LogP contribution in [0.3, 0.4) is 0 Å². The van der Waals surface area contributed by atoms with Crippen LogP contribution in [0.2, 0.25) is 5.02 Å². The molecule has 4 nitrogen and oxygen atoms in total. The number of hydrogen-bond acceptors (Lipinski definition) is 3. The second-order valence-electron chi connectivity index (χ2n) is 4.84. The molecular formula is C13H21ClN2O2S. The Morgan fingerprint density at radius 2 is 2.05 bits per heavy atom. The second-order valence-corrected chi connectivity index (χ2v) is 7.00. The average molecular weight is 305 g/mol. The molecule has 0 aromatic heterocycles. The molecule has 0 bridgehead atoms. The largest absolute Gasteiger partial charge is 0.384 e. The number of rotatable bonds is 7. The molecule has 2 N–H and O–H groups in total. The molecule has 108 valence electrons. The van der Waals surface area contributed by atoms with E-state index in [1.165, 1.54) is 0 Å². The van der Waals surface area contributed by atoms with E-state index < -0.39 is 10.0 Å². The van der Waals surface area contributed by atoms with Gasteiger partial charge in [-0.2, -0.15) is 0 Å². The minimum atomic E-state index is -3.27. The van der Waals surface area contributed by atoms with Crippen LogP contribution < -0.4 is 10.0 Å². The quantitative estimate of drug-likeness (QED) is 0.810. The van der Waals surface area contributed by atoms with Crippen molar-refractivity contribution in [1.82, 2.24) is 0 Å². The minimum absolute atomic E-state index is 0.512. The summed E-state index contributed by atoms with van der Waals surface area (Å²) in [5.74, 6) is 0.549. The summed E-state index contributed by atoms with van der Waals surface area (Å²) in [6.07, 6.45) is 3.41. The fourth-order valence-corrected chi connectivity index (χ4v) is 2.56. The third-order valence-electron chi connectivity index (χ3n) is 2.69. The molecule has 0 heterocycles. The summed E-state index contributed by atoms with van der Waals surface area (Å²) in [6, 6.07) is 5.04. The molecule has 1 aromatic carbocycles. The van der Waals surface area contributed by atoms with Crippen LogP contribution in [0.25, 0.3) is 0 Å². The molecule has 1 atom stereocenters. The summed E-state index contributed by atoms with van der Waals surface area (Å²) in [5, 5.41) is 3.84. The first-order valence-corrected chi connectivity index (χ1v) is 8.60. The van der Waals surface area contributed by atoms with Gasteiger partial charge < -0.3 is 5.32 Å². The number of sulfonamides is 1. The number of benzene rings is 1. The van der Waals surface area contributed by atoms with E-state index in [0.717, 1.165) is 31.3 Å². The van der Waals surface area contributed by atoms with E-state index in [9.17, 15) is 8.42 Å². The van der Waals surface area contributed by atoms with Crippen molar-refractivity contribution in [3.63, 3.8) is 0 Å². The first-order valence-electron chi connectivity index (χ1n) is 6.33. The maximum atomic E-state index is 11.2. The van der Waals surface area contributed by atoms with Crippen molar-refractivity contribution in [2.45, 2.75) is 26.7 Å². The summed E-state index contributed by atoms with van der Waals surface area (Å²) in [5.41, 5.74) is 1.26. The van der Waals surface area contributed by atoms with Crippen molar-refractivity contribution >= 4 is 33.0 Å². The van der Waals surface area contributed by atoms with E-state index in [-0.39, 0.29) is 0 Å². The lowest BCUT2D eigenvalue weighted by molar-refractivity contribution is 0.551. The van der Waals surface area contributed by atoms with Crippen LogP contribution in [0.5, 0.6) is 0 Å². The Balaban J connectivity index is 2.74. The van der Waals surface area contributed by atoms with Gasteiger partial charge in [0.15, 0.2) is 0 Å². The minimum Gasteiger partial charge on any atom is -0.384 e. The smallest absolute Gasteiger partial charge is 0.229 e. The van der Waals surface area contributed by atoms with E-state index in [0.29, 0.717) is 16.6 Å². The third kappa shape index (κ3) is 6.16. The summed E-state index contributed by atoms with van der Waals surface area (Å²) in [6.45, 7) is 5.14. The Hall–Kier alpha value is -0.940. The van der Waals surface area contributed by atoms with Gasteiger partial charge in [0.25, 0.3) is 0 Å². The van der Waals surface area contributed by atoms with Crippen molar-refractivity contribution in [3.8, 4) is 0 Å². The predicted molar refractivity (Wildman–Crippen MR) is 82.5 cm³/mol. The number of nitrogens with one attached hydrogen (secondary N) is 2. The second kappa shape index (κ2) is 7.01. The molecule has 0 saturated carbocycles. The van der Waals surface area contributed by atoms with E-state index in [2.05, 4.69) is 23.9 Å². The van der Waals surface area contributed by atoms with Crippen LogP contribution in [0.4, 0.5) is 11.4 Å². The lowest BCUT2D eigenvalue weighted by Crippen LogP contribution is -2.12. The molecule has 0 fully saturated rings. The van der Waals surface area contributed by atoms with Gasteiger partial charge >= 0.3 is 0 Å². The normalized spacial score (nSPS) is 13.1. The molecule has 0 spiro atoms. The molecule has 0 aliphatic heterocycles. The third-order valence-corrected chi connectivity index (χ3v) is 3.63. The lowest BCUT2D eigenvalue weighted by Gasteiger charge is -2.15. The van der Waals surface area contributed by atoms with E-state index in [1.54, 1.807) is 18.2 Å². The molecule has 0 radical (unpaired) electrons. The SMILES string of the molecule is CCCC(C)CNc1cc(NS(C)(=O)=O)ccc1Cl. The average Bonchev–Trinajstić information content (AvgIpc) is 2.28. The van der Waals surface area contributed by atoms with Crippen LogP contribution in [0, 0.1) is 5.92 Å². The predicted octanol–water partition coefficient (Wildman–Crippen LogP) is 3.56. The highest BCUT2D eigenvalue weighted by Gasteiger charge is 2.07. The fraction of sp³-hybridized carbons (Fsp3) is 0.538. The molecule has 0 amide bonds. The molecule has 1 unspecified atom stereocenters. The zero-order valence-corrected chi connectivity index (χ0v) is 13.1. The summed E-state index contributed by atoms with van der Waals surface area (Å²) in [7, 11) is -3.27. The van der Waals surface area contributed by atoms with Crippen LogP contribution >= 0.6 is 11.6 Å². The van der Waals surface area contributed by atoms with Gasteiger partial charge in [-0.25, -0.2) is 8.42 Å². The first kappa shape index (κ1) is 16.1. The molecule has 1 rings (SSSR count). The summed E-state index contributed by atoms with van der Waals surface area (Å²) >= 11 is 6.09. The standard InChI is InChI=1S/C13H21ClN2O2S/c1-4-5-10(2)9-15-13-8-11(6-7-12(13)14)16-19(3,17)18/h6-8,10,15-16H,4-5,9H2,1-3H3.